The minimum atomic E-state index is -3.79. The van der Waals surface area contributed by atoms with Gasteiger partial charge in [0.15, 0.2) is 0 Å². The van der Waals surface area contributed by atoms with E-state index in [2.05, 4.69) is 13.7 Å². The summed E-state index contributed by atoms with van der Waals surface area (Å²) in [6, 6.07) is 12.3. The van der Waals surface area contributed by atoms with E-state index in [9.17, 15) is 8.42 Å². The lowest BCUT2D eigenvalue weighted by atomic mass is 10.2. The summed E-state index contributed by atoms with van der Waals surface area (Å²) in [6.07, 6.45) is 0. The third kappa shape index (κ3) is 3.50. The van der Waals surface area contributed by atoms with Crippen LogP contribution in [-0.2, 0) is 16.6 Å². The number of aryl methyl sites for hydroxylation is 1. The minimum Gasteiger partial charge on any atom is -0.496 e. The van der Waals surface area contributed by atoms with Crippen molar-refractivity contribution in [3.8, 4) is 17.2 Å². The van der Waals surface area contributed by atoms with E-state index in [1.165, 1.54) is 17.4 Å². The fourth-order valence-corrected chi connectivity index (χ4v) is 4.85. The van der Waals surface area contributed by atoms with Gasteiger partial charge in [0.2, 0.25) is 15.9 Å². The lowest BCUT2D eigenvalue weighted by Crippen LogP contribution is -2.27. The highest BCUT2D eigenvalue weighted by Crippen LogP contribution is 2.31. The molecule has 0 aliphatic carbocycles. The van der Waals surface area contributed by atoms with Gasteiger partial charge in [0.05, 0.1) is 36.6 Å². The van der Waals surface area contributed by atoms with Crippen molar-refractivity contribution < 1.29 is 17.6 Å². The number of rotatable bonds is 6. The second-order valence-corrected chi connectivity index (χ2v) is 8.91. The van der Waals surface area contributed by atoms with Crippen LogP contribution in [0, 0.1) is 6.92 Å². The zero-order valence-electron chi connectivity index (χ0n) is 16.0. The smallest absolute Gasteiger partial charge is 0.245 e. The molecule has 0 radical (unpaired) electrons. The molecule has 10 heteroatoms. The largest absolute Gasteiger partial charge is 0.496 e. The molecular weight excluding hydrogens is 412 g/mol. The predicted octanol–water partition coefficient (Wildman–Crippen LogP) is 3.48. The molecule has 0 atom stereocenters. The van der Waals surface area contributed by atoms with Crippen molar-refractivity contribution in [1.82, 2.24) is 18.0 Å². The van der Waals surface area contributed by atoms with Gasteiger partial charge in [0, 0.05) is 7.05 Å². The topological polar surface area (TPSA) is 98.4 Å². The maximum atomic E-state index is 13.1. The Bertz CT molecular complexity index is 1280. The van der Waals surface area contributed by atoms with E-state index in [1.807, 2.05) is 24.3 Å². The summed E-state index contributed by atoms with van der Waals surface area (Å²) in [4.78, 5) is 4.63. The molecule has 0 bridgehead atoms. The van der Waals surface area contributed by atoms with Crippen LogP contribution in [0.2, 0.25) is 0 Å². The number of nitrogens with zero attached hydrogens (tertiary/aromatic N) is 4. The van der Waals surface area contributed by atoms with E-state index in [0.717, 1.165) is 11.7 Å². The Kier molecular flexibility index (Phi) is 5.07. The van der Waals surface area contributed by atoms with E-state index >= 15 is 0 Å². The van der Waals surface area contributed by atoms with Crippen LogP contribution in [0.25, 0.3) is 22.5 Å². The van der Waals surface area contributed by atoms with Gasteiger partial charge >= 0.3 is 0 Å². The zero-order chi connectivity index (χ0) is 20.6. The van der Waals surface area contributed by atoms with Crippen LogP contribution in [0.3, 0.4) is 0 Å². The van der Waals surface area contributed by atoms with Gasteiger partial charge < -0.3 is 9.15 Å². The molecule has 2 heterocycles. The van der Waals surface area contributed by atoms with Crippen molar-refractivity contribution in [2.75, 3.05) is 14.2 Å². The van der Waals surface area contributed by atoms with Crippen LogP contribution in [0.15, 0.2) is 51.8 Å². The monoisotopic (exact) mass is 430 g/mol. The Labute approximate surface area is 172 Å². The van der Waals surface area contributed by atoms with Crippen LogP contribution in [0.4, 0.5) is 0 Å². The van der Waals surface area contributed by atoms with Gasteiger partial charge in [-0.15, -0.1) is 0 Å². The van der Waals surface area contributed by atoms with Crippen molar-refractivity contribution in [1.29, 1.82) is 0 Å². The SMILES string of the molecule is COc1ccccc1-c1nc(CN(C)S(=O)(=O)c2cccc3nsnc23)c(C)o1. The average molecular weight is 431 g/mol. The second kappa shape index (κ2) is 7.54. The van der Waals surface area contributed by atoms with E-state index in [0.29, 0.717) is 39.7 Å². The van der Waals surface area contributed by atoms with Crippen molar-refractivity contribution in [2.24, 2.45) is 0 Å². The number of oxazole rings is 1. The van der Waals surface area contributed by atoms with Gasteiger partial charge in [-0.25, -0.2) is 13.4 Å². The first-order valence-electron chi connectivity index (χ1n) is 8.69. The molecule has 0 spiro atoms. The van der Waals surface area contributed by atoms with Crippen LogP contribution in [-0.4, -0.2) is 40.6 Å². The number of aromatic nitrogens is 3. The molecule has 8 nitrogen and oxygen atoms in total. The van der Waals surface area contributed by atoms with Crippen molar-refractivity contribution in [3.05, 3.63) is 53.9 Å². The van der Waals surface area contributed by atoms with Crippen LogP contribution >= 0.6 is 11.7 Å². The minimum absolute atomic E-state index is 0.0563. The summed E-state index contributed by atoms with van der Waals surface area (Å²) in [5, 5.41) is 0. The average Bonchev–Trinajstić information content (AvgIpc) is 3.34. The second-order valence-electron chi connectivity index (χ2n) is 6.37. The van der Waals surface area contributed by atoms with E-state index < -0.39 is 10.0 Å². The number of methoxy groups -OCH3 is 1. The first-order chi connectivity index (χ1) is 13.9. The van der Waals surface area contributed by atoms with Crippen LogP contribution in [0.5, 0.6) is 5.75 Å². The quantitative estimate of drug-likeness (QED) is 0.462. The van der Waals surface area contributed by atoms with Crippen molar-refractivity contribution >= 4 is 32.8 Å². The molecule has 4 rings (SSSR count). The Hall–Kier alpha value is -2.82. The Morgan fingerprint density at radius 2 is 1.93 bits per heavy atom. The number of benzene rings is 2. The molecule has 0 aliphatic rings. The fraction of sp³-hybridized carbons (Fsp3) is 0.211. The Morgan fingerprint density at radius 3 is 2.72 bits per heavy atom. The molecular formula is C19H18N4O4S2. The van der Waals surface area contributed by atoms with Gasteiger partial charge in [-0.05, 0) is 31.2 Å². The summed E-state index contributed by atoms with van der Waals surface area (Å²) in [5.41, 5.74) is 2.16. The number of hydrogen-bond donors (Lipinski definition) is 0. The summed E-state index contributed by atoms with van der Waals surface area (Å²) < 4.78 is 46.9. The van der Waals surface area contributed by atoms with E-state index in [4.69, 9.17) is 9.15 Å². The van der Waals surface area contributed by atoms with Gasteiger partial charge in [-0.2, -0.15) is 13.1 Å². The molecule has 2 aromatic heterocycles. The van der Waals surface area contributed by atoms with Gasteiger partial charge in [-0.1, -0.05) is 18.2 Å². The molecule has 0 unspecified atom stereocenters. The van der Waals surface area contributed by atoms with E-state index in [-0.39, 0.29) is 11.4 Å². The highest BCUT2D eigenvalue weighted by atomic mass is 32.2. The summed E-state index contributed by atoms with van der Waals surface area (Å²) >= 11 is 0.984. The molecule has 0 N–H and O–H groups in total. The normalized spacial score (nSPS) is 12.0. The summed E-state index contributed by atoms with van der Waals surface area (Å²) in [7, 11) is -0.709. The molecule has 150 valence electrons. The number of hydrogen-bond acceptors (Lipinski definition) is 8. The van der Waals surface area contributed by atoms with Gasteiger partial charge in [-0.3, -0.25) is 0 Å². The molecule has 0 aliphatic heterocycles. The lowest BCUT2D eigenvalue weighted by Gasteiger charge is -2.16. The predicted molar refractivity (Wildman–Crippen MR) is 109 cm³/mol. The maximum absolute atomic E-state index is 13.1. The Balaban J connectivity index is 1.66. The standard InChI is InChI=1S/C19H18N4O4S2/c1-12-15(20-19(27-12)13-7-4-5-9-16(13)26-3)11-23(2)29(24,25)17-10-6-8-14-18(17)22-28-21-14/h4-10H,11H2,1-3H3. The number of sulfonamides is 1. The highest BCUT2D eigenvalue weighted by molar-refractivity contribution is 7.89. The molecule has 0 saturated carbocycles. The summed E-state index contributed by atoms with van der Waals surface area (Å²) in [6.45, 7) is 1.81. The lowest BCUT2D eigenvalue weighted by molar-refractivity contribution is 0.414. The molecule has 0 fully saturated rings. The number of fused-ring (bicyclic) bond motifs is 1. The van der Waals surface area contributed by atoms with Gasteiger partial charge in [0.1, 0.15) is 27.4 Å². The van der Waals surface area contributed by atoms with E-state index in [1.54, 1.807) is 26.2 Å². The van der Waals surface area contributed by atoms with Crippen molar-refractivity contribution in [2.45, 2.75) is 18.4 Å². The Morgan fingerprint density at radius 1 is 1.14 bits per heavy atom. The van der Waals surface area contributed by atoms with Gasteiger partial charge in [0.25, 0.3) is 0 Å². The van der Waals surface area contributed by atoms with Crippen LogP contribution < -0.4 is 4.74 Å². The zero-order valence-corrected chi connectivity index (χ0v) is 17.6. The van der Waals surface area contributed by atoms with Crippen LogP contribution in [0.1, 0.15) is 11.5 Å². The fourth-order valence-electron chi connectivity index (χ4n) is 2.96. The van der Waals surface area contributed by atoms with Crippen molar-refractivity contribution in [3.63, 3.8) is 0 Å². The summed E-state index contributed by atoms with van der Waals surface area (Å²) in [5.74, 6) is 1.55. The maximum Gasteiger partial charge on any atom is 0.245 e. The molecule has 2 aromatic carbocycles. The number of para-hydroxylation sites is 1. The third-order valence-corrected chi connectivity index (χ3v) is 6.92. The highest BCUT2D eigenvalue weighted by Gasteiger charge is 2.27. The molecule has 29 heavy (non-hydrogen) atoms. The molecule has 0 saturated heterocycles. The first kappa shape index (κ1) is 19.5. The number of ether oxygens (including phenoxy) is 1. The third-order valence-electron chi connectivity index (χ3n) is 4.54. The molecule has 0 amide bonds. The molecule has 4 aromatic rings. The first-order valence-corrected chi connectivity index (χ1v) is 10.9.